The van der Waals surface area contributed by atoms with Gasteiger partial charge in [-0.05, 0) is 13.8 Å². The van der Waals surface area contributed by atoms with Gasteiger partial charge in [0.25, 0.3) is 5.56 Å². The molecule has 6 nitrogen and oxygen atoms in total. The minimum Gasteiger partial charge on any atom is -0.464 e. The first-order chi connectivity index (χ1) is 7.20. The second kappa shape index (κ2) is 3.64. The molecule has 0 aromatic carbocycles. The SMILES string of the molecule is CCOc1ncc2nc(C)[nH]c(=O)c2n1. The van der Waals surface area contributed by atoms with Crippen molar-refractivity contribution in [1.82, 2.24) is 19.9 Å². The Kier molecular flexibility index (Phi) is 2.32. The molecular formula is C9H10N4O2. The first kappa shape index (κ1) is 9.57. The molecule has 0 fully saturated rings. The highest BCUT2D eigenvalue weighted by Gasteiger charge is 2.05. The molecule has 0 atom stereocenters. The van der Waals surface area contributed by atoms with Gasteiger partial charge in [0.2, 0.25) is 0 Å². The van der Waals surface area contributed by atoms with Gasteiger partial charge in [0.1, 0.15) is 11.3 Å². The van der Waals surface area contributed by atoms with Crippen LogP contribution in [0.25, 0.3) is 11.0 Å². The molecule has 2 heterocycles. The van der Waals surface area contributed by atoms with Crippen molar-refractivity contribution in [2.24, 2.45) is 0 Å². The van der Waals surface area contributed by atoms with Gasteiger partial charge >= 0.3 is 6.01 Å². The number of rotatable bonds is 2. The molecule has 2 aromatic heterocycles. The Balaban J connectivity index is 2.66. The standard InChI is InChI=1S/C9H10N4O2/c1-3-15-9-10-4-6-7(13-9)8(14)12-5(2)11-6/h4H,3H2,1-2H3,(H,11,12,14). The molecule has 2 aromatic rings. The largest absolute Gasteiger partial charge is 0.464 e. The molecule has 0 radical (unpaired) electrons. The molecule has 1 N–H and O–H groups in total. The molecular weight excluding hydrogens is 196 g/mol. The molecule has 2 rings (SSSR count). The normalized spacial score (nSPS) is 10.5. The lowest BCUT2D eigenvalue weighted by molar-refractivity contribution is 0.314. The van der Waals surface area contributed by atoms with Crippen LogP contribution in [0.2, 0.25) is 0 Å². The number of aryl methyl sites for hydroxylation is 1. The summed E-state index contributed by atoms with van der Waals surface area (Å²) in [6, 6.07) is 0.196. The fraction of sp³-hybridized carbons (Fsp3) is 0.333. The van der Waals surface area contributed by atoms with Crippen LogP contribution >= 0.6 is 0 Å². The van der Waals surface area contributed by atoms with Gasteiger partial charge in [-0.3, -0.25) is 4.79 Å². The lowest BCUT2D eigenvalue weighted by atomic mass is 10.4. The van der Waals surface area contributed by atoms with E-state index in [-0.39, 0.29) is 17.1 Å². The Hall–Kier alpha value is -1.98. The van der Waals surface area contributed by atoms with E-state index in [0.717, 1.165) is 0 Å². The quantitative estimate of drug-likeness (QED) is 0.770. The van der Waals surface area contributed by atoms with Crippen molar-refractivity contribution >= 4 is 11.0 Å². The molecule has 78 valence electrons. The summed E-state index contributed by atoms with van der Waals surface area (Å²) >= 11 is 0. The van der Waals surface area contributed by atoms with Crippen molar-refractivity contribution in [3.63, 3.8) is 0 Å². The highest BCUT2D eigenvalue weighted by Crippen LogP contribution is 2.07. The molecule has 0 unspecified atom stereocenters. The molecule has 15 heavy (non-hydrogen) atoms. The van der Waals surface area contributed by atoms with Gasteiger partial charge < -0.3 is 9.72 Å². The summed E-state index contributed by atoms with van der Waals surface area (Å²) < 4.78 is 5.10. The molecule has 0 saturated carbocycles. The van der Waals surface area contributed by atoms with Gasteiger partial charge in [0.15, 0.2) is 5.52 Å². The van der Waals surface area contributed by atoms with Crippen LogP contribution in [-0.4, -0.2) is 26.5 Å². The van der Waals surface area contributed by atoms with Crippen LogP contribution in [-0.2, 0) is 0 Å². The summed E-state index contributed by atoms with van der Waals surface area (Å²) in [5.41, 5.74) is 0.444. The maximum absolute atomic E-state index is 11.5. The van der Waals surface area contributed by atoms with Crippen molar-refractivity contribution in [1.29, 1.82) is 0 Å². The fourth-order valence-electron chi connectivity index (χ4n) is 1.24. The number of nitrogens with one attached hydrogen (secondary N) is 1. The number of ether oxygens (including phenoxy) is 1. The molecule has 0 spiro atoms. The van der Waals surface area contributed by atoms with Gasteiger partial charge in [-0.1, -0.05) is 0 Å². The van der Waals surface area contributed by atoms with Crippen LogP contribution in [0.4, 0.5) is 0 Å². The van der Waals surface area contributed by atoms with Crippen molar-refractivity contribution < 1.29 is 4.74 Å². The van der Waals surface area contributed by atoms with Gasteiger partial charge in [-0.2, -0.15) is 4.98 Å². The predicted molar refractivity (Wildman–Crippen MR) is 53.9 cm³/mol. The maximum Gasteiger partial charge on any atom is 0.317 e. The van der Waals surface area contributed by atoms with Crippen LogP contribution in [0.15, 0.2) is 11.0 Å². The van der Waals surface area contributed by atoms with E-state index in [9.17, 15) is 4.79 Å². The Labute approximate surface area is 85.4 Å². The monoisotopic (exact) mass is 206 g/mol. The number of hydrogen-bond donors (Lipinski definition) is 1. The number of aromatic amines is 1. The minimum absolute atomic E-state index is 0.196. The zero-order valence-electron chi connectivity index (χ0n) is 8.44. The lowest BCUT2D eigenvalue weighted by Gasteiger charge is -2.01. The third-order valence-electron chi connectivity index (χ3n) is 1.82. The summed E-state index contributed by atoms with van der Waals surface area (Å²) in [6.45, 7) is 3.99. The molecule has 0 saturated heterocycles. The topological polar surface area (TPSA) is 80.8 Å². The summed E-state index contributed by atoms with van der Waals surface area (Å²) in [6.07, 6.45) is 1.48. The Morgan fingerprint density at radius 1 is 1.47 bits per heavy atom. The van der Waals surface area contributed by atoms with E-state index in [1.165, 1.54) is 6.20 Å². The average molecular weight is 206 g/mol. The Morgan fingerprint density at radius 2 is 2.27 bits per heavy atom. The van der Waals surface area contributed by atoms with E-state index in [2.05, 4.69) is 19.9 Å². The average Bonchev–Trinajstić information content (AvgIpc) is 2.19. The summed E-state index contributed by atoms with van der Waals surface area (Å²) in [7, 11) is 0. The van der Waals surface area contributed by atoms with E-state index in [0.29, 0.717) is 17.9 Å². The van der Waals surface area contributed by atoms with Crippen LogP contribution in [0.3, 0.4) is 0 Å². The number of aromatic nitrogens is 4. The van der Waals surface area contributed by atoms with Gasteiger partial charge in [0.05, 0.1) is 12.8 Å². The van der Waals surface area contributed by atoms with Crippen LogP contribution < -0.4 is 10.3 Å². The van der Waals surface area contributed by atoms with Gasteiger partial charge in [0, 0.05) is 0 Å². The van der Waals surface area contributed by atoms with E-state index < -0.39 is 0 Å². The summed E-state index contributed by atoms with van der Waals surface area (Å²) in [4.78, 5) is 26.1. The maximum atomic E-state index is 11.5. The van der Waals surface area contributed by atoms with Crippen LogP contribution in [0.1, 0.15) is 12.7 Å². The Bertz CT molecular complexity index is 549. The van der Waals surface area contributed by atoms with Crippen molar-refractivity contribution in [2.45, 2.75) is 13.8 Å². The minimum atomic E-state index is -0.277. The van der Waals surface area contributed by atoms with E-state index in [1.807, 2.05) is 6.92 Å². The van der Waals surface area contributed by atoms with E-state index in [4.69, 9.17) is 4.74 Å². The lowest BCUT2D eigenvalue weighted by Crippen LogP contribution is -2.12. The highest BCUT2D eigenvalue weighted by molar-refractivity contribution is 5.71. The number of fused-ring (bicyclic) bond motifs is 1. The van der Waals surface area contributed by atoms with Gasteiger partial charge in [-0.15, -0.1) is 0 Å². The summed E-state index contributed by atoms with van der Waals surface area (Å²) in [5.74, 6) is 0.542. The highest BCUT2D eigenvalue weighted by atomic mass is 16.5. The molecule has 0 aliphatic rings. The third-order valence-corrected chi connectivity index (χ3v) is 1.82. The smallest absolute Gasteiger partial charge is 0.317 e. The van der Waals surface area contributed by atoms with Gasteiger partial charge in [-0.25, -0.2) is 9.97 Å². The molecule has 6 heteroatoms. The third kappa shape index (κ3) is 1.78. The predicted octanol–water partition coefficient (Wildman–Crippen LogP) is 0.420. The van der Waals surface area contributed by atoms with Crippen LogP contribution in [0, 0.1) is 6.92 Å². The molecule has 0 amide bonds. The van der Waals surface area contributed by atoms with Crippen LogP contribution in [0.5, 0.6) is 6.01 Å². The zero-order valence-corrected chi connectivity index (χ0v) is 8.44. The molecule has 0 aliphatic carbocycles. The second-order valence-corrected chi connectivity index (χ2v) is 2.97. The number of nitrogens with zero attached hydrogens (tertiary/aromatic N) is 3. The van der Waals surface area contributed by atoms with Crippen molar-refractivity contribution in [3.8, 4) is 6.01 Å². The zero-order chi connectivity index (χ0) is 10.8. The summed E-state index contributed by atoms with van der Waals surface area (Å²) in [5, 5.41) is 0. The van der Waals surface area contributed by atoms with Crippen molar-refractivity contribution in [2.75, 3.05) is 6.61 Å². The first-order valence-corrected chi connectivity index (χ1v) is 4.57. The first-order valence-electron chi connectivity index (χ1n) is 4.57. The van der Waals surface area contributed by atoms with Crippen molar-refractivity contribution in [3.05, 3.63) is 22.4 Å². The second-order valence-electron chi connectivity index (χ2n) is 2.97. The fourth-order valence-corrected chi connectivity index (χ4v) is 1.24. The molecule has 0 bridgehead atoms. The Morgan fingerprint density at radius 3 is 3.00 bits per heavy atom. The number of hydrogen-bond acceptors (Lipinski definition) is 5. The molecule has 0 aliphatic heterocycles. The number of H-pyrrole nitrogens is 1. The van der Waals surface area contributed by atoms with E-state index >= 15 is 0 Å². The van der Waals surface area contributed by atoms with E-state index in [1.54, 1.807) is 6.92 Å².